The van der Waals surface area contributed by atoms with E-state index in [0.717, 1.165) is 17.0 Å². The normalized spacial score (nSPS) is 12.7. The van der Waals surface area contributed by atoms with Gasteiger partial charge in [-0.3, -0.25) is 4.68 Å². The molecule has 0 spiro atoms. The van der Waals surface area contributed by atoms with Crippen LogP contribution in [0.3, 0.4) is 0 Å². The van der Waals surface area contributed by atoms with E-state index in [4.69, 9.17) is 5.11 Å². The molecule has 96 valence electrons. The summed E-state index contributed by atoms with van der Waals surface area (Å²) >= 11 is 0. The van der Waals surface area contributed by atoms with E-state index >= 15 is 0 Å². The van der Waals surface area contributed by atoms with Gasteiger partial charge in [-0.1, -0.05) is 29.8 Å². The van der Waals surface area contributed by atoms with E-state index in [-0.39, 0.29) is 6.61 Å². The number of hydrogen-bond acceptors (Lipinski definition) is 3. The highest BCUT2D eigenvalue weighted by molar-refractivity contribution is 5.59. The minimum atomic E-state index is -0.769. The van der Waals surface area contributed by atoms with Gasteiger partial charge in [0.2, 0.25) is 0 Å². The van der Waals surface area contributed by atoms with Crippen molar-refractivity contribution < 1.29 is 10.2 Å². The Kier molecular flexibility index (Phi) is 3.79. The van der Waals surface area contributed by atoms with Crippen LogP contribution < -0.4 is 0 Å². The van der Waals surface area contributed by atoms with Crippen LogP contribution in [-0.2, 0) is 6.54 Å². The third kappa shape index (κ3) is 2.78. The van der Waals surface area contributed by atoms with Crippen LogP contribution in [0.15, 0.2) is 30.3 Å². The number of aliphatic hydroxyl groups is 2. The second-order valence-corrected chi connectivity index (χ2v) is 4.56. The van der Waals surface area contributed by atoms with Crippen LogP contribution in [0.4, 0.5) is 0 Å². The van der Waals surface area contributed by atoms with Crippen LogP contribution in [0.2, 0.25) is 0 Å². The Bertz CT molecular complexity index is 517. The van der Waals surface area contributed by atoms with E-state index in [2.05, 4.69) is 5.10 Å². The lowest BCUT2D eigenvalue weighted by Gasteiger charge is -2.08. The number of aliphatic hydroxyl groups excluding tert-OH is 2. The van der Waals surface area contributed by atoms with Gasteiger partial charge in [-0.2, -0.15) is 5.10 Å². The topological polar surface area (TPSA) is 58.3 Å². The molecule has 0 saturated carbocycles. The molecular weight excluding hydrogens is 228 g/mol. The number of benzene rings is 1. The fourth-order valence-corrected chi connectivity index (χ4v) is 1.82. The second-order valence-electron chi connectivity index (χ2n) is 4.56. The van der Waals surface area contributed by atoms with E-state index in [0.29, 0.717) is 6.54 Å². The average Bonchev–Trinajstić information content (AvgIpc) is 2.71. The molecule has 4 heteroatoms. The smallest absolute Gasteiger partial charge is 0.0966 e. The Hall–Kier alpha value is -1.65. The summed E-state index contributed by atoms with van der Waals surface area (Å²) in [6.07, 6.45) is -0.769. The molecule has 0 unspecified atom stereocenters. The van der Waals surface area contributed by atoms with Gasteiger partial charge in [0.15, 0.2) is 0 Å². The largest absolute Gasteiger partial charge is 0.394 e. The van der Waals surface area contributed by atoms with Crippen molar-refractivity contribution in [3.8, 4) is 11.3 Å². The van der Waals surface area contributed by atoms with Crippen molar-refractivity contribution in [3.63, 3.8) is 0 Å². The molecule has 0 amide bonds. The molecule has 0 radical (unpaired) electrons. The maximum Gasteiger partial charge on any atom is 0.0966 e. The molecule has 2 rings (SSSR count). The van der Waals surface area contributed by atoms with Crippen LogP contribution in [0.1, 0.15) is 11.3 Å². The lowest BCUT2D eigenvalue weighted by Crippen LogP contribution is -2.21. The Labute approximate surface area is 107 Å². The van der Waals surface area contributed by atoms with Gasteiger partial charge in [0.1, 0.15) is 0 Å². The van der Waals surface area contributed by atoms with Crippen LogP contribution in [0.5, 0.6) is 0 Å². The zero-order valence-electron chi connectivity index (χ0n) is 10.7. The van der Waals surface area contributed by atoms with E-state index in [1.54, 1.807) is 4.68 Å². The minimum absolute atomic E-state index is 0.251. The number of nitrogens with zero attached hydrogens (tertiary/aromatic N) is 2. The van der Waals surface area contributed by atoms with E-state index < -0.39 is 6.10 Å². The van der Waals surface area contributed by atoms with E-state index in [1.165, 1.54) is 5.56 Å². The van der Waals surface area contributed by atoms with Gasteiger partial charge in [-0.05, 0) is 19.9 Å². The summed E-state index contributed by atoms with van der Waals surface area (Å²) in [6.45, 7) is 4.05. The first-order valence-electron chi connectivity index (χ1n) is 6.00. The van der Waals surface area contributed by atoms with Gasteiger partial charge >= 0.3 is 0 Å². The quantitative estimate of drug-likeness (QED) is 0.860. The molecule has 0 aliphatic heterocycles. The molecule has 0 saturated heterocycles. The van der Waals surface area contributed by atoms with Gasteiger partial charge in [-0.25, -0.2) is 0 Å². The van der Waals surface area contributed by atoms with Gasteiger partial charge in [-0.15, -0.1) is 0 Å². The van der Waals surface area contributed by atoms with Gasteiger partial charge in [0.25, 0.3) is 0 Å². The predicted octanol–water partition coefficient (Wildman–Crippen LogP) is 1.52. The third-order valence-corrected chi connectivity index (χ3v) is 2.92. The molecule has 1 aromatic carbocycles. The highest BCUT2D eigenvalue weighted by Gasteiger charge is 2.09. The Morgan fingerprint density at radius 1 is 1.22 bits per heavy atom. The van der Waals surface area contributed by atoms with Crippen molar-refractivity contribution in [2.75, 3.05) is 6.61 Å². The van der Waals surface area contributed by atoms with Crippen molar-refractivity contribution >= 4 is 0 Å². The standard InChI is InChI=1S/C14H18N2O2/c1-10-3-5-12(6-4-10)14-7-11(2)16(15-14)8-13(18)9-17/h3-7,13,17-18H,8-9H2,1-2H3/t13-/m1/s1. The van der Waals surface area contributed by atoms with Crippen molar-refractivity contribution in [3.05, 3.63) is 41.6 Å². The average molecular weight is 246 g/mol. The molecule has 0 fully saturated rings. The number of hydrogen-bond donors (Lipinski definition) is 2. The van der Waals surface area contributed by atoms with Gasteiger partial charge < -0.3 is 10.2 Å². The molecule has 0 aliphatic carbocycles. The summed E-state index contributed by atoms with van der Waals surface area (Å²) in [6, 6.07) is 10.1. The molecule has 1 heterocycles. The predicted molar refractivity (Wildman–Crippen MR) is 70.2 cm³/mol. The molecule has 0 aliphatic rings. The maximum absolute atomic E-state index is 9.44. The fraction of sp³-hybridized carbons (Fsp3) is 0.357. The maximum atomic E-state index is 9.44. The zero-order valence-corrected chi connectivity index (χ0v) is 10.7. The summed E-state index contributed by atoms with van der Waals surface area (Å²) in [5.74, 6) is 0. The van der Waals surface area contributed by atoms with Crippen molar-refractivity contribution in [2.24, 2.45) is 0 Å². The second kappa shape index (κ2) is 5.33. The number of aryl methyl sites for hydroxylation is 2. The van der Waals surface area contributed by atoms with E-state index in [9.17, 15) is 5.11 Å². The lowest BCUT2D eigenvalue weighted by atomic mass is 10.1. The van der Waals surface area contributed by atoms with Crippen LogP contribution in [-0.4, -0.2) is 32.7 Å². The van der Waals surface area contributed by atoms with Gasteiger partial charge in [0.05, 0.1) is 24.9 Å². The monoisotopic (exact) mass is 246 g/mol. The molecule has 18 heavy (non-hydrogen) atoms. The summed E-state index contributed by atoms with van der Waals surface area (Å²) in [5.41, 5.74) is 4.13. The molecule has 1 atom stereocenters. The third-order valence-electron chi connectivity index (χ3n) is 2.92. The molecule has 2 N–H and O–H groups in total. The zero-order chi connectivity index (χ0) is 13.1. The summed E-state index contributed by atoms with van der Waals surface area (Å²) in [4.78, 5) is 0. The van der Waals surface area contributed by atoms with Crippen molar-refractivity contribution in [1.29, 1.82) is 0 Å². The highest BCUT2D eigenvalue weighted by Crippen LogP contribution is 2.19. The van der Waals surface area contributed by atoms with Crippen molar-refractivity contribution in [1.82, 2.24) is 9.78 Å². The fourth-order valence-electron chi connectivity index (χ4n) is 1.82. The van der Waals surface area contributed by atoms with Crippen molar-refractivity contribution in [2.45, 2.75) is 26.5 Å². The summed E-state index contributed by atoms with van der Waals surface area (Å²) in [5, 5.41) is 22.7. The summed E-state index contributed by atoms with van der Waals surface area (Å²) < 4.78 is 1.72. The lowest BCUT2D eigenvalue weighted by molar-refractivity contribution is 0.0778. The molecular formula is C14H18N2O2. The van der Waals surface area contributed by atoms with Crippen LogP contribution >= 0.6 is 0 Å². The molecule has 0 bridgehead atoms. The van der Waals surface area contributed by atoms with E-state index in [1.807, 2.05) is 44.2 Å². The first-order chi connectivity index (χ1) is 8.60. The minimum Gasteiger partial charge on any atom is -0.394 e. The SMILES string of the molecule is Cc1ccc(-c2cc(C)n(C[C@@H](O)CO)n2)cc1. The number of aromatic nitrogens is 2. The van der Waals surface area contributed by atoms with Crippen LogP contribution in [0, 0.1) is 13.8 Å². The van der Waals surface area contributed by atoms with Crippen LogP contribution in [0.25, 0.3) is 11.3 Å². The first kappa shape index (κ1) is 12.8. The Morgan fingerprint density at radius 3 is 2.50 bits per heavy atom. The Morgan fingerprint density at radius 2 is 1.89 bits per heavy atom. The Balaban J connectivity index is 2.25. The van der Waals surface area contributed by atoms with Gasteiger partial charge in [0, 0.05) is 11.3 Å². The molecule has 4 nitrogen and oxygen atoms in total. The summed E-state index contributed by atoms with van der Waals surface area (Å²) in [7, 11) is 0. The first-order valence-corrected chi connectivity index (χ1v) is 6.00. The molecule has 1 aromatic heterocycles. The highest BCUT2D eigenvalue weighted by atomic mass is 16.3. The molecule has 2 aromatic rings. The number of rotatable bonds is 4.